The number of fused-ring (bicyclic) bond motifs is 10. The lowest BCUT2D eigenvalue weighted by molar-refractivity contribution is 1.23. The number of hydrogen-bond acceptors (Lipinski definition) is 2. The zero-order chi connectivity index (χ0) is 19.9. The Morgan fingerprint density at radius 1 is 0.621 bits per heavy atom. The summed E-state index contributed by atoms with van der Waals surface area (Å²) in [6.45, 7) is 8.66. The fraction of sp³-hybridized carbons (Fsp3) is 0.154. The molecule has 0 bridgehead atoms. The van der Waals surface area contributed by atoms with Gasteiger partial charge < -0.3 is 0 Å². The molecule has 0 fully saturated rings. The van der Waals surface area contributed by atoms with E-state index in [1.807, 2.05) is 6.20 Å². The van der Waals surface area contributed by atoms with Crippen LogP contribution in [-0.2, 0) is 0 Å². The van der Waals surface area contributed by atoms with Crippen molar-refractivity contribution in [1.82, 2.24) is 9.97 Å². The molecule has 2 aliphatic heterocycles. The molecule has 2 aliphatic rings. The quantitative estimate of drug-likeness (QED) is 0.373. The van der Waals surface area contributed by atoms with Gasteiger partial charge in [-0.05, 0) is 72.1 Å². The molecule has 0 saturated carbocycles. The van der Waals surface area contributed by atoms with Crippen LogP contribution in [0.2, 0.25) is 0 Å². The molecule has 29 heavy (non-hydrogen) atoms. The maximum atomic E-state index is 5.21. The summed E-state index contributed by atoms with van der Waals surface area (Å²) in [5.41, 5.74) is 10.0. The summed E-state index contributed by atoms with van der Waals surface area (Å²) < 4.78 is 0. The van der Waals surface area contributed by atoms with Crippen LogP contribution in [0.15, 0.2) is 60.8 Å². The number of benzene rings is 2. The van der Waals surface area contributed by atoms with Gasteiger partial charge in [-0.2, -0.15) is 0 Å². The first-order chi connectivity index (χ1) is 14.0. The minimum Gasteiger partial charge on any atom is -0.261 e. The van der Waals surface area contributed by atoms with Crippen molar-refractivity contribution < 1.29 is 0 Å². The molecule has 0 atom stereocenters. The molecule has 6 rings (SSSR count). The van der Waals surface area contributed by atoms with E-state index < -0.39 is 8.07 Å². The third-order valence-electron chi connectivity index (χ3n) is 6.52. The first kappa shape index (κ1) is 16.9. The maximum Gasteiger partial charge on any atom is 0.206 e. The average Bonchev–Trinajstić information content (AvgIpc) is 3.13. The van der Waals surface area contributed by atoms with Gasteiger partial charge in [0.25, 0.3) is 0 Å². The first-order valence-electron chi connectivity index (χ1n) is 10.2. The van der Waals surface area contributed by atoms with Crippen LogP contribution in [0.4, 0.5) is 0 Å². The molecule has 0 radical (unpaired) electrons. The Morgan fingerprint density at radius 3 is 1.86 bits per heavy atom. The summed E-state index contributed by atoms with van der Waals surface area (Å²) >= 11 is 0. The minimum absolute atomic E-state index is 1.08. The van der Waals surface area contributed by atoms with Crippen molar-refractivity contribution in [2.75, 3.05) is 0 Å². The van der Waals surface area contributed by atoms with Gasteiger partial charge in [0.1, 0.15) is 0 Å². The SMILES string of the molecule is Cc1ccc2c(c1)[Si]1(c3cc(C)ccc3-2)c2cc(C)cnc2-c2ccc(C)nc21. The van der Waals surface area contributed by atoms with E-state index in [9.17, 15) is 0 Å². The van der Waals surface area contributed by atoms with Gasteiger partial charge in [-0.25, -0.2) is 0 Å². The molecule has 2 aromatic heterocycles. The van der Waals surface area contributed by atoms with E-state index >= 15 is 0 Å². The Bertz CT molecular complexity index is 1140. The van der Waals surface area contributed by atoms with E-state index in [4.69, 9.17) is 9.97 Å². The monoisotopic (exact) mass is 390 g/mol. The third-order valence-corrected chi connectivity index (χ3v) is 11.2. The van der Waals surface area contributed by atoms with Crippen molar-refractivity contribution in [3.63, 3.8) is 0 Å². The second kappa shape index (κ2) is 5.52. The molecule has 2 nitrogen and oxygen atoms in total. The van der Waals surface area contributed by atoms with E-state index in [-0.39, 0.29) is 0 Å². The third kappa shape index (κ3) is 2.01. The molecule has 140 valence electrons. The molecule has 0 unspecified atom stereocenters. The van der Waals surface area contributed by atoms with E-state index in [1.54, 1.807) is 0 Å². The van der Waals surface area contributed by atoms with Crippen molar-refractivity contribution in [2.45, 2.75) is 27.7 Å². The van der Waals surface area contributed by atoms with E-state index in [0.29, 0.717) is 0 Å². The van der Waals surface area contributed by atoms with Crippen molar-refractivity contribution >= 4 is 29.0 Å². The molecule has 1 spiro atoms. The van der Waals surface area contributed by atoms with Crippen LogP contribution in [0.3, 0.4) is 0 Å². The lowest BCUT2D eigenvalue weighted by Crippen LogP contribution is -2.71. The van der Waals surface area contributed by atoms with Gasteiger partial charge in [0.2, 0.25) is 8.07 Å². The molecule has 4 heterocycles. The zero-order valence-corrected chi connectivity index (χ0v) is 18.2. The molecular weight excluding hydrogens is 368 g/mol. The summed E-state index contributed by atoms with van der Waals surface area (Å²) in [5, 5.41) is 5.62. The summed E-state index contributed by atoms with van der Waals surface area (Å²) in [6.07, 6.45) is 2.00. The first-order valence-corrected chi connectivity index (χ1v) is 12.2. The second-order valence-corrected chi connectivity index (χ2v) is 12.2. The highest BCUT2D eigenvalue weighted by molar-refractivity contribution is 7.24. The summed E-state index contributed by atoms with van der Waals surface area (Å²) in [7, 11) is -2.45. The highest BCUT2D eigenvalue weighted by atomic mass is 28.3. The molecule has 3 heteroatoms. The van der Waals surface area contributed by atoms with E-state index in [0.717, 1.165) is 11.4 Å². The molecule has 2 aromatic carbocycles. The molecular formula is C26H22N2Si. The number of aryl methyl sites for hydroxylation is 4. The molecule has 0 aliphatic carbocycles. The Hall–Kier alpha value is -3.04. The average molecular weight is 391 g/mol. The van der Waals surface area contributed by atoms with Crippen molar-refractivity contribution in [2.24, 2.45) is 0 Å². The molecule has 4 aromatic rings. The smallest absolute Gasteiger partial charge is 0.206 e. The molecule has 0 N–H and O–H groups in total. The molecule has 0 saturated heterocycles. The van der Waals surface area contributed by atoms with Crippen LogP contribution >= 0.6 is 0 Å². The predicted molar refractivity (Wildman–Crippen MR) is 123 cm³/mol. The van der Waals surface area contributed by atoms with Crippen molar-refractivity contribution in [3.05, 3.63) is 83.2 Å². The lowest BCUT2D eigenvalue weighted by atomic mass is 10.0. The van der Waals surface area contributed by atoms with Gasteiger partial charge >= 0.3 is 0 Å². The molecule has 0 amide bonds. The van der Waals surface area contributed by atoms with Crippen LogP contribution in [-0.4, -0.2) is 18.0 Å². The number of rotatable bonds is 0. The van der Waals surface area contributed by atoms with Gasteiger partial charge in [-0.15, -0.1) is 0 Å². The van der Waals surface area contributed by atoms with Gasteiger partial charge in [0.05, 0.1) is 5.69 Å². The summed E-state index contributed by atoms with van der Waals surface area (Å²) in [4.78, 5) is 10.1. The Labute approximate surface area is 172 Å². The van der Waals surface area contributed by atoms with Crippen molar-refractivity contribution in [3.8, 4) is 22.4 Å². The number of hydrogen-bond donors (Lipinski definition) is 0. The second-order valence-electron chi connectivity index (χ2n) is 8.61. The van der Waals surface area contributed by atoms with Crippen LogP contribution in [0.5, 0.6) is 0 Å². The number of nitrogens with zero attached hydrogens (tertiary/aromatic N) is 2. The normalized spacial score (nSPS) is 14.5. The van der Waals surface area contributed by atoms with Crippen LogP contribution in [0.1, 0.15) is 22.4 Å². The highest BCUT2D eigenvalue weighted by Gasteiger charge is 2.56. The Morgan fingerprint density at radius 2 is 1.21 bits per heavy atom. The minimum atomic E-state index is -2.45. The Kier molecular flexibility index (Phi) is 3.21. The number of aromatic nitrogens is 2. The Balaban J connectivity index is 1.88. The van der Waals surface area contributed by atoms with Gasteiger partial charge in [-0.1, -0.05) is 53.6 Å². The number of pyridine rings is 2. The highest BCUT2D eigenvalue weighted by Crippen LogP contribution is 2.35. The van der Waals surface area contributed by atoms with Crippen LogP contribution in [0.25, 0.3) is 22.4 Å². The van der Waals surface area contributed by atoms with Crippen LogP contribution in [0, 0.1) is 27.7 Å². The van der Waals surface area contributed by atoms with E-state index in [2.05, 4.69) is 82.3 Å². The van der Waals surface area contributed by atoms with Gasteiger partial charge in [-0.3, -0.25) is 9.97 Å². The fourth-order valence-electron chi connectivity index (χ4n) is 5.33. The van der Waals surface area contributed by atoms with Crippen molar-refractivity contribution in [1.29, 1.82) is 0 Å². The standard InChI is InChI=1S/C26H22N2Si/c1-15-5-8-19-20-9-6-16(2)12-23(20)29(22(19)11-15)24-13-17(3)14-27-25(24)21-10-7-18(4)28-26(21)29/h5-14H,1-4H3. The van der Waals surface area contributed by atoms with Crippen LogP contribution < -0.4 is 20.9 Å². The largest absolute Gasteiger partial charge is 0.261 e. The van der Waals surface area contributed by atoms with Gasteiger partial charge in [0, 0.05) is 22.8 Å². The lowest BCUT2D eigenvalue weighted by Gasteiger charge is -2.27. The van der Waals surface area contributed by atoms with Gasteiger partial charge in [0.15, 0.2) is 0 Å². The maximum absolute atomic E-state index is 5.21. The van der Waals surface area contributed by atoms with E-state index in [1.165, 1.54) is 54.3 Å². The summed E-state index contributed by atoms with van der Waals surface area (Å²) in [5.74, 6) is 0. The zero-order valence-electron chi connectivity index (χ0n) is 17.2. The summed E-state index contributed by atoms with van der Waals surface area (Å²) in [6, 6.07) is 20.7. The fourth-order valence-corrected chi connectivity index (χ4v) is 11.0. The predicted octanol–water partition coefficient (Wildman–Crippen LogP) is 3.05. The topological polar surface area (TPSA) is 25.8 Å².